The summed E-state index contributed by atoms with van der Waals surface area (Å²) in [7, 11) is 0. The third-order valence-corrected chi connectivity index (χ3v) is 10.6. The van der Waals surface area contributed by atoms with Crippen LogP contribution in [0.1, 0.15) is 58.2 Å². The fourth-order valence-electron chi connectivity index (χ4n) is 7.65. The summed E-state index contributed by atoms with van der Waals surface area (Å²) >= 11 is 0. The van der Waals surface area contributed by atoms with E-state index in [1.54, 1.807) is 29.3 Å². The van der Waals surface area contributed by atoms with Gasteiger partial charge in [-0.3, -0.25) is 9.59 Å². The Balaban J connectivity index is 1.03. The van der Waals surface area contributed by atoms with Gasteiger partial charge >= 0.3 is 6.09 Å². The molecule has 2 heterocycles. The van der Waals surface area contributed by atoms with E-state index in [0.717, 1.165) is 33.6 Å². The van der Waals surface area contributed by atoms with Crippen LogP contribution in [0.3, 0.4) is 0 Å². The number of hydrogen-bond acceptors (Lipinski definition) is 6. The summed E-state index contributed by atoms with van der Waals surface area (Å²) in [6.45, 7) is 6.46. The SMILES string of the molecule is CC(C)(C)OC(=O)NC[C@@H]1Cc2ccccc2CN1C(=O)c1cccc(N)c1-n1cc(C(=O)Nc2ccc(-c3ccc(OCc4ccccc4)cc3)cc2)c2ccccc21. The van der Waals surface area contributed by atoms with Crippen molar-refractivity contribution in [3.8, 4) is 22.6 Å². The lowest BCUT2D eigenvalue weighted by Crippen LogP contribution is -2.50. The molecular weight excluding hydrogens is 751 g/mol. The normalized spacial score (nSPS) is 13.7. The van der Waals surface area contributed by atoms with Crippen LogP contribution in [0.25, 0.3) is 27.7 Å². The summed E-state index contributed by atoms with van der Waals surface area (Å²) in [5.74, 6) is 0.232. The largest absolute Gasteiger partial charge is 0.489 e. The highest BCUT2D eigenvalue weighted by molar-refractivity contribution is 6.14. The van der Waals surface area contributed by atoms with Crippen LogP contribution in [-0.4, -0.2) is 45.6 Å². The average molecular weight is 798 g/mol. The molecule has 1 aromatic heterocycles. The fraction of sp³-hybridized carbons (Fsp3) is 0.180. The number of hydrogen-bond donors (Lipinski definition) is 3. The van der Waals surface area contributed by atoms with Crippen molar-refractivity contribution in [3.63, 3.8) is 0 Å². The van der Waals surface area contributed by atoms with E-state index < -0.39 is 11.7 Å². The van der Waals surface area contributed by atoms with Gasteiger partial charge in [0.25, 0.3) is 11.8 Å². The minimum atomic E-state index is -0.664. The van der Waals surface area contributed by atoms with Crippen LogP contribution in [-0.2, 0) is 24.3 Å². The van der Waals surface area contributed by atoms with Crippen LogP contribution in [0.4, 0.5) is 16.2 Å². The number of carbonyl (C=O) groups excluding carboxylic acids is 3. The van der Waals surface area contributed by atoms with Gasteiger partial charge < -0.3 is 35.3 Å². The first-order chi connectivity index (χ1) is 29.0. The number of carbonyl (C=O) groups is 3. The molecule has 0 saturated heterocycles. The van der Waals surface area contributed by atoms with Crippen molar-refractivity contribution in [2.24, 2.45) is 0 Å². The van der Waals surface area contributed by atoms with Crippen molar-refractivity contribution in [1.29, 1.82) is 0 Å². The minimum absolute atomic E-state index is 0.195. The first-order valence-electron chi connectivity index (χ1n) is 20.0. The van der Waals surface area contributed by atoms with E-state index in [2.05, 4.69) is 16.7 Å². The van der Waals surface area contributed by atoms with Gasteiger partial charge in [-0.1, -0.05) is 103 Å². The van der Waals surface area contributed by atoms with Gasteiger partial charge in [-0.15, -0.1) is 0 Å². The topological polar surface area (TPSA) is 128 Å². The average Bonchev–Trinajstić information content (AvgIpc) is 3.64. The van der Waals surface area contributed by atoms with E-state index >= 15 is 0 Å². The van der Waals surface area contributed by atoms with E-state index in [1.165, 1.54) is 0 Å². The number of nitrogen functional groups attached to an aromatic ring is 1. The summed E-state index contributed by atoms with van der Waals surface area (Å²) in [6, 6.07) is 46.2. The monoisotopic (exact) mass is 797 g/mol. The number of nitrogens with two attached hydrogens (primary N) is 1. The summed E-state index contributed by atoms with van der Waals surface area (Å²) in [5.41, 5.74) is 14.3. The third kappa shape index (κ3) is 8.73. The Labute approximate surface area is 349 Å². The third-order valence-electron chi connectivity index (χ3n) is 10.6. The molecule has 10 nitrogen and oxygen atoms in total. The first kappa shape index (κ1) is 39.5. The molecule has 0 spiro atoms. The summed E-state index contributed by atoms with van der Waals surface area (Å²) in [5, 5.41) is 6.65. The Hall–Kier alpha value is -7.33. The lowest BCUT2D eigenvalue weighted by molar-refractivity contribution is 0.0474. The van der Waals surface area contributed by atoms with Gasteiger partial charge in [0, 0.05) is 30.4 Å². The van der Waals surface area contributed by atoms with Gasteiger partial charge in [-0.05, 0) is 97.5 Å². The van der Waals surface area contributed by atoms with Gasteiger partial charge in [-0.2, -0.15) is 0 Å². The Morgan fingerprint density at radius 2 is 1.40 bits per heavy atom. The molecule has 3 amide bonds. The summed E-state index contributed by atoms with van der Waals surface area (Å²) in [6.07, 6.45) is 1.74. The Morgan fingerprint density at radius 3 is 2.13 bits per heavy atom. The number of anilines is 2. The maximum atomic E-state index is 14.8. The number of nitrogens with zero attached hydrogens (tertiary/aromatic N) is 2. The van der Waals surface area contributed by atoms with E-state index in [0.29, 0.717) is 58.7 Å². The van der Waals surface area contributed by atoms with Crippen molar-refractivity contribution in [1.82, 2.24) is 14.8 Å². The number of fused-ring (bicyclic) bond motifs is 2. The maximum Gasteiger partial charge on any atom is 0.407 e. The molecule has 302 valence electrons. The van der Waals surface area contributed by atoms with E-state index in [9.17, 15) is 14.4 Å². The molecule has 0 unspecified atom stereocenters. The van der Waals surface area contributed by atoms with Gasteiger partial charge in [0.15, 0.2) is 0 Å². The number of amides is 3. The van der Waals surface area contributed by atoms with Crippen LogP contribution in [0, 0.1) is 0 Å². The van der Waals surface area contributed by atoms with Gasteiger partial charge in [0.2, 0.25) is 0 Å². The van der Waals surface area contributed by atoms with Crippen LogP contribution in [0.5, 0.6) is 5.75 Å². The Morgan fingerprint density at radius 1 is 0.733 bits per heavy atom. The Kier molecular flexibility index (Phi) is 11.1. The molecule has 0 fully saturated rings. The highest BCUT2D eigenvalue weighted by Gasteiger charge is 2.33. The van der Waals surface area contributed by atoms with Crippen LogP contribution < -0.4 is 21.1 Å². The van der Waals surface area contributed by atoms with Crippen molar-refractivity contribution >= 4 is 40.2 Å². The van der Waals surface area contributed by atoms with Crippen molar-refractivity contribution in [2.45, 2.75) is 52.0 Å². The molecule has 0 saturated carbocycles. The summed E-state index contributed by atoms with van der Waals surface area (Å²) in [4.78, 5) is 43.4. The zero-order valence-electron chi connectivity index (χ0n) is 33.9. The highest BCUT2D eigenvalue weighted by atomic mass is 16.6. The molecular formula is C50H47N5O5. The van der Waals surface area contributed by atoms with Crippen LogP contribution in [0.2, 0.25) is 0 Å². The molecule has 1 aliphatic rings. The van der Waals surface area contributed by atoms with Crippen molar-refractivity contribution in [2.75, 3.05) is 17.6 Å². The second kappa shape index (κ2) is 16.9. The van der Waals surface area contributed by atoms with Crippen LogP contribution in [0.15, 0.2) is 152 Å². The van der Waals surface area contributed by atoms with E-state index in [1.807, 2.05) is 147 Å². The van der Waals surface area contributed by atoms with Crippen molar-refractivity contribution in [3.05, 3.63) is 180 Å². The number of para-hydroxylation sites is 2. The molecule has 0 bridgehead atoms. The maximum absolute atomic E-state index is 14.8. The molecule has 10 heteroatoms. The minimum Gasteiger partial charge on any atom is -0.489 e. The zero-order valence-corrected chi connectivity index (χ0v) is 33.9. The fourth-order valence-corrected chi connectivity index (χ4v) is 7.65. The van der Waals surface area contributed by atoms with Crippen LogP contribution >= 0.6 is 0 Å². The second-order valence-corrected chi connectivity index (χ2v) is 15.9. The number of alkyl carbamates (subject to hydrolysis) is 1. The number of rotatable bonds is 10. The molecule has 4 N–H and O–H groups in total. The molecule has 0 radical (unpaired) electrons. The van der Waals surface area contributed by atoms with Gasteiger partial charge in [-0.25, -0.2) is 4.79 Å². The van der Waals surface area contributed by atoms with Crippen molar-refractivity contribution < 1.29 is 23.9 Å². The number of ether oxygens (including phenoxy) is 2. The predicted octanol–water partition coefficient (Wildman–Crippen LogP) is 9.80. The standard InChI is InChI=1S/C50H47N5O5/c1-50(2,3)60-49(58)52-29-39-28-36-14-7-8-15-37(36)30-54(39)48(57)42-17-11-18-44(51)46(42)55-31-43(41-16-9-10-19-45(41)55)47(56)53-38-24-20-34(21-25-38)35-22-26-40(27-23-35)59-32-33-12-5-4-6-13-33/h4-27,31,39H,28-30,32,51H2,1-3H3,(H,52,58)(H,53,56)/t39-/m0/s1. The predicted molar refractivity (Wildman–Crippen MR) is 236 cm³/mol. The van der Waals surface area contributed by atoms with Gasteiger partial charge in [0.05, 0.1) is 34.1 Å². The number of nitrogens with one attached hydrogen (secondary N) is 2. The lowest BCUT2D eigenvalue weighted by Gasteiger charge is -2.37. The molecule has 6 aromatic carbocycles. The first-order valence-corrected chi connectivity index (χ1v) is 20.0. The number of aromatic nitrogens is 1. The summed E-state index contributed by atoms with van der Waals surface area (Å²) < 4.78 is 13.3. The molecule has 8 rings (SSSR count). The van der Waals surface area contributed by atoms with E-state index in [-0.39, 0.29) is 24.4 Å². The quantitative estimate of drug-likeness (QED) is 0.118. The second-order valence-electron chi connectivity index (χ2n) is 15.9. The smallest absolute Gasteiger partial charge is 0.407 e. The lowest BCUT2D eigenvalue weighted by atomic mass is 9.93. The van der Waals surface area contributed by atoms with Gasteiger partial charge in [0.1, 0.15) is 18.0 Å². The Bertz CT molecular complexity index is 2670. The molecule has 1 aliphatic heterocycles. The number of benzene rings is 6. The molecule has 1 atom stereocenters. The van der Waals surface area contributed by atoms with E-state index in [4.69, 9.17) is 15.2 Å². The molecule has 0 aliphatic carbocycles. The highest BCUT2D eigenvalue weighted by Crippen LogP contribution is 2.34. The molecule has 60 heavy (non-hydrogen) atoms. The molecule has 7 aromatic rings. The zero-order chi connectivity index (χ0) is 41.8.